The van der Waals surface area contributed by atoms with Gasteiger partial charge in [-0.25, -0.2) is 0 Å². The minimum absolute atomic E-state index is 0.207. The van der Waals surface area contributed by atoms with Gasteiger partial charge in [-0.3, -0.25) is 4.79 Å². The lowest BCUT2D eigenvalue weighted by Crippen LogP contribution is -2.12. The first-order valence-electron chi connectivity index (χ1n) is 7.72. The first-order chi connectivity index (χ1) is 12.2. The molecule has 0 fully saturated rings. The van der Waals surface area contributed by atoms with Crippen LogP contribution in [0.25, 0.3) is 21.9 Å². The minimum atomic E-state index is -0.207. The average Bonchev–Trinajstić information content (AvgIpc) is 2.99. The summed E-state index contributed by atoms with van der Waals surface area (Å²) in [5.74, 6) is 0.380. The van der Waals surface area contributed by atoms with Crippen LogP contribution in [0.15, 0.2) is 69.6 Å². The molecule has 0 saturated heterocycles. The van der Waals surface area contributed by atoms with Crippen LogP contribution in [0.4, 0.5) is 5.69 Å². The molecule has 1 aromatic heterocycles. The smallest absolute Gasteiger partial charge is 0.255 e. The summed E-state index contributed by atoms with van der Waals surface area (Å²) < 4.78 is 12.3. The van der Waals surface area contributed by atoms with Crippen molar-refractivity contribution in [2.45, 2.75) is 0 Å². The van der Waals surface area contributed by atoms with Crippen LogP contribution >= 0.6 is 15.9 Å². The molecule has 1 amide bonds. The summed E-state index contributed by atoms with van der Waals surface area (Å²) in [6.45, 7) is 0. The van der Waals surface area contributed by atoms with Crippen molar-refractivity contribution in [1.82, 2.24) is 0 Å². The second kappa shape index (κ2) is 6.26. The van der Waals surface area contributed by atoms with E-state index in [9.17, 15) is 4.79 Å². The van der Waals surface area contributed by atoms with E-state index in [0.29, 0.717) is 22.6 Å². The molecule has 0 radical (unpaired) electrons. The Morgan fingerprint density at radius 3 is 2.52 bits per heavy atom. The lowest BCUT2D eigenvalue weighted by Gasteiger charge is -2.10. The molecule has 3 aromatic carbocycles. The molecule has 0 unspecified atom stereocenters. The first kappa shape index (κ1) is 15.7. The van der Waals surface area contributed by atoms with Crippen molar-refractivity contribution in [2.24, 2.45) is 0 Å². The van der Waals surface area contributed by atoms with Crippen LogP contribution in [0, 0.1) is 0 Å². The van der Waals surface area contributed by atoms with E-state index in [1.54, 1.807) is 25.3 Å². The zero-order chi connectivity index (χ0) is 17.4. The van der Waals surface area contributed by atoms with Crippen molar-refractivity contribution >= 4 is 49.5 Å². The SMILES string of the molecule is COc1cc2c(cc1NC(=O)c1ccc(Br)cc1)oc1ccccc12. The Morgan fingerprint density at radius 2 is 1.76 bits per heavy atom. The maximum Gasteiger partial charge on any atom is 0.255 e. The lowest BCUT2D eigenvalue weighted by molar-refractivity contribution is 0.102. The van der Waals surface area contributed by atoms with E-state index in [1.807, 2.05) is 42.5 Å². The zero-order valence-corrected chi connectivity index (χ0v) is 15.0. The number of halogens is 1. The summed E-state index contributed by atoms with van der Waals surface area (Å²) in [5, 5.41) is 4.86. The van der Waals surface area contributed by atoms with Crippen molar-refractivity contribution < 1.29 is 13.9 Å². The van der Waals surface area contributed by atoms with Gasteiger partial charge in [-0.1, -0.05) is 34.1 Å². The number of carbonyl (C=O) groups is 1. The third-order valence-corrected chi connectivity index (χ3v) is 4.58. The molecule has 0 spiro atoms. The van der Waals surface area contributed by atoms with E-state index in [2.05, 4.69) is 21.2 Å². The van der Waals surface area contributed by atoms with E-state index >= 15 is 0 Å². The Labute approximate surface area is 152 Å². The van der Waals surface area contributed by atoms with Gasteiger partial charge in [0.15, 0.2) is 0 Å². The average molecular weight is 396 g/mol. The van der Waals surface area contributed by atoms with Crippen molar-refractivity contribution in [1.29, 1.82) is 0 Å². The summed E-state index contributed by atoms with van der Waals surface area (Å²) in [6, 6.07) is 18.7. The van der Waals surface area contributed by atoms with Gasteiger partial charge in [0.25, 0.3) is 5.91 Å². The molecule has 0 saturated carbocycles. The highest BCUT2D eigenvalue weighted by atomic mass is 79.9. The van der Waals surface area contributed by atoms with E-state index in [4.69, 9.17) is 9.15 Å². The number of furan rings is 1. The molecule has 25 heavy (non-hydrogen) atoms. The Bertz CT molecular complexity index is 1080. The Hall–Kier alpha value is -2.79. The van der Waals surface area contributed by atoms with E-state index in [0.717, 1.165) is 20.8 Å². The number of benzene rings is 3. The quantitative estimate of drug-likeness (QED) is 0.490. The summed E-state index contributed by atoms with van der Waals surface area (Å²) in [7, 11) is 1.58. The van der Waals surface area contributed by atoms with Crippen molar-refractivity contribution in [3.63, 3.8) is 0 Å². The Kier molecular flexibility index (Phi) is 3.93. The molecule has 5 heteroatoms. The molecular formula is C20H14BrNO3. The number of fused-ring (bicyclic) bond motifs is 3. The highest BCUT2D eigenvalue weighted by molar-refractivity contribution is 9.10. The topological polar surface area (TPSA) is 51.5 Å². The van der Waals surface area contributed by atoms with Gasteiger partial charge in [-0.15, -0.1) is 0 Å². The Balaban J connectivity index is 1.76. The molecule has 4 rings (SSSR count). The summed E-state index contributed by atoms with van der Waals surface area (Å²) in [4.78, 5) is 12.5. The predicted octanol–water partition coefficient (Wildman–Crippen LogP) is 5.61. The van der Waals surface area contributed by atoms with Gasteiger partial charge < -0.3 is 14.5 Å². The molecule has 0 aliphatic carbocycles. The van der Waals surface area contributed by atoms with Crippen molar-refractivity contribution in [3.05, 3.63) is 70.7 Å². The van der Waals surface area contributed by atoms with Gasteiger partial charge in [0.2, 0.25) is 0 Å². The molecule has 4 aromatic rings. The number of hydrogen-bond donors (Lipinski definition) is 1. The monoisotopic (exact) mass is 395 g/mol. The van der Waals surface area contributed by atoms with Gasteiger partial charge in [0, 0.05) is 26.9 Å². The number of hydrogen-bond acceptors (Lipinski definition) is 3. The third-order valence-electron chi connectivity index (χ3n) is 4.05. The molecule has 1 heterocycles. The Morgan fingerprint density at radius 1 is 1.00 bits per heavy atom. The molecule has 0 bridgehead atoms. The van der Waals surface area contributed by atoms with Gasteiger partial charge in [0.1, 0.15) is 16.9 Å². The highest BCUT2D eigenvalue weighted by Crippen LogP contribution is 2.36. The largest absolute Gasteiger partial charge is 0.495 e. The number of para-hydroxylation sites is 1. The lowest BCUT2D eigenvalue weighted by atomic mass is 10.1. The fourth-order valence-electron chi connectivity index (χ4n) is 2.81. The molecule has 1 N–H and O–H groups in total. The van der Waals surface area contributed by atoms with Gasteiger partial charge in [-0.05, 0) is 36.4 Å². The fraction of sp³-hybridized carbons (Fsp3) is 0.0500. The molecule has 4 nitrogen and oxygen atoms in total. The predicted molar refractivity (Wildman–Crippen MR) is 102 cm³/mol. The molecule has 0 aliphatic rings. The van der Waals surface area contributed by atoms with E-state index < -0.39 is 0 Å². The van der Waals surface area contributed by atoms with Crippen LogP contribution in [0.2, 0.25) is 0 Å². The van der Waals surface area contributed by atoms with Crippen LogP contribution in [0.1, 0.15) is 10.4 Å². The van der Waals surface area contributed by atoms with Crippen LogP contribution in [0.5, 0.6) is 5.75 Å². The number of nitrogens with one attached hydrogen (secondary N) is 1. The number of methoxy groups -OCH3 is 1. The van der Waals surface area contributed by atoms with Crippen LogP contribution in [0.3, 0.4) is 0 Å². The number of ether oxygens (including phenoxy) is 1. The maximum atomic E-state index is 12.5. The second-order valence-corrected chi connectivity index (χ2v) is 6.52. The third kappa shape index (κ3) is 2.87. The van der Waals surface area contributed by atoms with Crippen LogP contribution < -0.4 is 10.1 Å². The fourth-order valence-corrected chi connectivity index (χ4v) is 3.08. The van der Waals surface area contributed by atoms with Gasteiger partial charge in [0.05, 0.1) is 12.8 Å². The van der Waals surface area contributed by atoms with Gasteiger partial charge in [-0.2, -0.15) is 0 Å². The minimum Gasteiger partial charge on any atom is -0.495 e. The van der Waals surface area contributed by atoms with Gasteiger partial charge >= 0.3 is 0 Å². The molecular weight excluding hydrogens is 382 g/mol. The van der Waals surface area contributed by atoms with Crippen LogP contribution in [-0.4, -0.2) is 13.0 Å². The van der Waals surface area contributed by atoms with Crippen molar-refractivity contribution in [3.8, 4) is 5.75 Å². The molecule has 0 atom stereocenters. The number of anilines is 1. The van der Waals surface area contributed by atoms with Crippen LogP contribution in [-0.2, 0) is 0 Å². The maximum absolute atomic E-state index is 12.5. The van der Waals surface area contributed by atoms with Crippen molar-refractivity contribution in [2.75, 3.05) is 12.4 Å². The standard InChI is InChI=1S/C20H14BrNO3/c1-24-19-10-15-14-4-2-3-5-17(14)25-18(15)11-16(19)22-20(23)12-6-8-13(21)9-7-12/h2-11H,1H3,(H,22,23). The number of carbonyl (C=O) groups excluding carboxylic acids is 1. The normalized spacial score (nSPS) is 11.0. The van der Waals surface area contributed by atoms with E-state index in [1.165, 1.54) is 0 Å². The second-order valence-electron chi connectivity index (χ2n) is 5.61. The highest BCUT2D eigenvalue weighted by Gasteiger charge is 2.14. The summed E-state index contributed by atoms with van der Waals surface area (Å²) in [6.07, 6.45) is 0. The van der Waals surface area contributed by atoms with E-state index in [-0.39, 0.29) is 5.91 Å². The summed E-state index contributed by atoms with van der Waals surface area (Å²) in [5.41, 5.74) is 2.64. The number of amides is 1. The summed E-state index contributed by atoms with van der Waals surface area (Å²) >= 11 is 3.36. The first-order valence-corrected chi connectivity index (χ1v) is 8.51. The zero-order valence-electron chi connectivity index (χ0n) is 13.4. The number of rotatable bonds is 3. The molecule has 124 valence electrons. The molecule has 0 aliphatic heterocycles.